The fourth-order valence-electron chi connectivity index (χ4n) is 2.40. The van der Waals surface area contributed by atoms with Gasteiger partial charge in [-0.1, -0.05) is 31.2 Å². The highest BCUT2D eigenvalue weighted by Crippen LogP contribution is 2.34. The summed E-state index contributed by atoms with van der Waals surface area (Å²) in [5.41, 5.74) is 3.08. The Labute approximate surface area is 80.4 Å². The Balaban J connectivity index is 2.32. The molecule has 70 valence electrons. The molecule has 0 amide bonds. The van der Waals surface area contributed by atoms with Gasteiger partial charge in [-0.05, 0) is 37.6 Å². The van der Waals surface area contributed by atoms with Crippen molar-refractivity contribution in [3.05, 3.63) is 35.4 Å². The van der Waals surface area contributed by atoms with E-state index >= 15 is 0 Å². The third-order valence-corrected chi connectivity index (χ3v) is 3.22. The van der Waals surface area contributed by atoms with Crippen molar-refractivity contribution in [1.82, 2.24) is 4.90 Å². The van der Waals surface area contributed by atoms with Gasteiger partial charge in [0.1, 0.15) is 0 Å². The van der Waals surface area contributed by atoms with Crippen molar-refractivity contribution in [2.45, 2.75) is 25.3 Å². The number of rotatable bonds is 1. The van der Waals surface area contributed by atoms with E-state index in [4.69, 9.17) is 0 Å². The first kappa shape index (κ1) is 8.76. The summed E-state index contributed by atoms with van der Waals surface area (Å²) in [6.45, 7) is 2.33. The molecule has 0 saturated heterocycles. The molecule has 2 atom stereocenters. The van der Waals surface area contributed by atoms with E-state index in [0.717, 1.165) is 0 Å². The van der Waals surface area contributed by atoms with Crippen molar-refractivity contribution in [3.8, 4) is 0 Å². The quantitative estimate of drug-likeness (QED) is 0.633. The number of hydrogen-bond acceptors (Lipinski definition) is 1. The average Bonchev–Trinajstić information content (AvgIpc) is 2.45. The Kier molecular flexibility index (Phi) is 2.12. The van der Waals surface area contributed by atoms with Crippen LogP contribution in [0.1, 0.15) is 24.0 Å². The molecule has 0 aliphatic heterocycles. The van der Waals surface area contributed by atoms with E-state index in [9.17, 15) is 0 Å². The number of likely N-dealkylation sites (N-methyl/N-ethyl adjacent to an activating group) is 1. The molecule has 1 aromatic carbocycles. The molecular weight excluding hydrogens is 158 g/mol. The normalized spacial score (nSPS) is 26.5. The van der Waals surface area contributed by atoms with Gasteiger partial charge in [0.25, 0.3) is 0 Å². The largest absolute Gasteiger partial charge is 0.306 e. The minimum Gasteiger partial charge on any atom is -0.306 e. The van der Waals surface area contributed by atoms with Crippen molar-refractivity contribution < 1.29 is 0 Å². The van der Waals surface area contributed by atoms with Gasteiger partial charge in [0.2, 0.25) is 0 Å². The van der Waals surface area contributed by atoms with Crippen LogP contribution in [-0.4, -0.2) is 25.0 Å². The van der Waals surface area contributed by atoms with Gasteiger partial charge in [0.05, 0.1) is 0 Å². The summed E-state index contributed by atoms with van der Waals surface area (Å²) in [4.78, 5) is 2.34. The van der Waals surface area contributed by atoms with E-state index < -0.39 is 0 Å². The van der Waals surface area contributed by atoms with Crippen molar-refractivity contribution in [2.75, 3.05) is 14.1 Å². The minimum atomic E-state index is 0.686. The van der Waals surface area contributed by atoms with Gasteiger partial charge in [-0.2, -0.15) is 0 Å². The molecule has 0 N–H and O–H groups in total. The monoisotopic (exact) mass is 175 g/mol. The minimum absolute atomic E-state index is 0.686. The fourth-order valence-corrected chi connectivity index (χ4v) is 2.40. The second kappa shape index (κ2) is 3.15. The predicted molar refractivity (Wildman–Crippen MR) is 56.0 cm³/mol. The molecule has 0 aromatic heterocycles. The molecule has 0 radical (unpaired) electrons. The molecular formula is C12H17N. The van der Waals surface area contributed by atoms with Crippen LogP contribution in [-0.2, 0) is 6.42 Å². The molecule has 1 aliphatic carbocycles. The summed E-state index contributed by atoms with van der Waals surface area (Å²) in [7, 11) is 4.35. The average molecular weight is 175 g/mol. The van der Waals surface area contributed by atoms with Crippen LogP contribution in [0.15, 0.2) is 24.3 Å². The Hall–Kier alpha value is -0.820. The smallest absolute Gasteiger partial charge is 0.0196 e. The zero-order valence-corrected chi connectivity index (χ0v) is 8.62. The lowest BCUT2D eigenvalue weighted by Crippen LogP contribution is -2.30. The topological polar surface area (TPSA) is 3.24 Å². The number of fused-ring (bicyclic) bond motifs is 1. The van der Waals surface area contributed by atoms with E-state index in [0.29, 0.717) is 12.0 Å². The third kappa shape index (κ3) is 1.37. The summed E-state index contributed by atoms with van der Waals surface area (Å²) in [5, 5.41) is 0. The Bertz CT molecular complexity index is 304. The van der Waals surface area contributed by atoms with Gasteiger partial charge in [-0.15, -0.1) is 0 Å². The fraction of sp³-hybridized carbons (Fsp3) is 0.500. The first-order valence-electron chi connectivity index (χ1n) is 4.94. The predicted octanol–water partition coefficient (Wildman–Crippen LogP) is 2.28. The summed E-state index contributed by atoms with van der Waals surface area (Å²) in [5.74, 6) is 0.686. The molecule has 0 heterocycles. The molecule has 0 saturated carbocycles. The highest BCUT2D eigenvalue weighted by atomic mass is 15.1. The molecule has 1 nitrogen and oxygen atoms in total. The summed E-state index contributed by atoms with van der Waals surface area (Å²) < 4.78 is 0. The molecule has 0 bridgehead atoms. The lowest BCUT2D eigenvalue weighted by molar-refractivity contribution is 0.275. The Morgan fingerprint density at radius 3 is 2.54 bits per heavy atom. The van der Waals surface area contributed by atoms with E-state index in [2.05, 4.69) is 50.2 Å². The van der Waals surface area contributed by atoms with Crippen molar-refractivity contribution >= 4 is 0 Å². The number of benzene rings is 1. The summed E-state index contributed by atoms with van der Waals surface area (Å²) in [6.07, 6.45) is 1.21. The standard InChI is InChI=1S/C12H17N/c1-9-11-7-5-4-6-10(11)8-12(9)13(2)3/h4-7,9,12H,8H2,1-3H3/t9-,12-/m1/s1. The van der Waals surface area contributed by atoms with Crippen LogP contribution in [0.4, 0.5) is 0 Å². The van der Waals surface area contributed by atoms with E-state index in [1.54, 1.807) is 5.56 Å². The van der Waals surface area contributed by atoms with Gasteiger partial charge in [0, 0.05) is 6.04 Å². The zero-order valence-electron chi connectivity index (χ0n) is 8.62. The van der Waals surface area contributed by atoms with Gasteiger partial charge in [-0.3, -0.25) is 0 Å². The molecule has 1 aliphatic rings. The second-order valence-electron chi connectivity index (χ2n) is 4.22. The summed E-state index contributed by atoms with van der Waals surface area (Å²) in [6, 6.07) is 9.51. The van der Waals surface area contributed by atoms with Crippen molar-refractivity contribution in [2.24, 2.45) is 0 Å². The van der Waals surface area contributed by atoms with Gasteiger partial charge >= 0.3 is 0 Å². The number of nitrogens with zero attached hydrogens (tertiary/aromatic N) is 1. The van der Waals surface area contributed by atoms with Crippen LogP contribution in [0.3, 0.4) is 0 Å². The maximum Gasteiger partial charge on any atom is 0.0196 e. The molecule has 0 fully saturated rings. The molecule has 0 spiro atoms. The van der Waals surface area contributed by atoms with E-state index in [1.165, 1.54) is 12.0 Å². The van der Waals surface area contributed by atoms with Crippen LogP contribution in [0.2, 0.25) is 0 Å². The molecule has 1 aromatic rings. The molecule has 13 heavy (non-hydrogen) atoms. The molecule has 1 heteroatoms. The first-order chi connectivity index (χ1) is 6.20. The lowest BCUT2D eigenvalue weighted by Gasteiger charge is -2.23. The van der Waals surface area contributed by atoms with E-state index in [-0.39, 0.29) is 0 Å². The highest BCUT2D eigenvalue weighted by molar-refractivity contribution is 5.36. The maximum absolute atomic E-state index is 2.34. The van der Waals surface area contributed by atoms with Crippen LogP contribution in [0, 0.1) is 0 Å². The van der Waals surface area contributed by atoms with E-state index in [1.807, 2.05) is 0 Å². The third-order valence-electron chi connectivity index (χ3n) is 3.22. The van der Waals surface area contributed by atoms with Crippen LogP contribution in [0.25, 0.3) is 0 Å². The maximum atomic E-state index is 2.34. The highest BCUT2D eigenvalue weighted by Gasteiger charge is 2.29. The van der Waals surface area contributed by atoms with Gasteiger partial charge in [-0.25, -0.2) is 0 Å². The zero-order chi connectivity index (χ0) is 9.42. The van der Waals surface area contributed by atoms with Crippen molar-refractivity contribution in [3.63, 3.8) is 0 Å². The SMILES string of the molecule is C[C@@H]1c2ccccc2C[C@H]1N(C)C. The molecule has 0 unspecified atom stereocenters. The van der Waals surface area contributed by atoms with Gasteiger partial charge in [0.15, 0.2) is 0 Å². The molecule has 2 rings (SSSR count). The lowest BCUT2D eigenvalue weighted by atomic mass is 10.0. The Morgan fingerprint density at radius 2 is 1.92 bits per heavy atom. The van der Waals surface area contributed by atoms with Gasteiger partial charge < -0.3 is 4.90 Å². The van der Waals surface area contributed by atoms with Crippen LogP contribution in [0.5, 0.6) is 0 Å². The van der Waals surface area contributed by atoms with Crippen molar-refractivity contribution in [1.29, 1.82) is 0 Å². The van der Waals surface area contributed by atoms with Crippen LogP contribution < -0.4 is 0 Å². The summed E-state index contributed by atoms with van der Waals surface area (Å²) >= 11 is 0. The first-order valence-corrected chi connectivity index (χ1v) is 4.94. The number of hydrogen-bond donors (Lipinski definition) is 0. The Morgan fingerprint density at radius 1 is 1.23 bits per heavy atom. The second-order valence-corrected chi connectivity index (χ2v) is 4.22. The van der Waals surface area contributed by atoms with Crippen LogP contribution >= 0.6 is 0 Å².